The first-order chi connectivity index (χ1) is 9.25. The monoisotopic (exact) mass is 344 g/mol. The molecule has 0 bridgehead atoms. The lowest BCUT2D eigenvalue weighted by molar-refractivity contribution is -0.137. The first-order valence-corrected chi connectivity index (χ1v) is 7.27. The summed E-state index contributed by atoms with van der Waals surface area (Å²) in [6.07, 6.45) is -1.77. The average Bonchev–Trinajstić information content (AvgIpc) is 2.31. The number of halogens is 5. The van der Waals surface area contributed by atoms with Gasteiger partial charge in [-0.1, -0.05) is 23.2 Å². The van der Waals surface area contributed by atoms with E-state index in [2.05, 4.69) is 10.5 Å². The van der Waals surface area contributed by atoms with Gasteiger partial charge in [0.05, 0.1) is 33.3 Å². The molecule has 0 unspecified atom stereocenters. The molecular formula is C11H9Cl2F3N2OS. The summed E-state index contributed by atoms with van der Waals surface area (Å²) in [6.45, 7) is 0. The Balaban J connectivity index is 2.90. The van der Waals surface area contributed by atoms with Gasteiger partial charge >= 0.3 is 6.18 Å². The van der Waals surface area contributed by atoms with Crippen molar-refractivity contribution < 1.29 is 18.0 Å². The van der Waals surface area contributed by atoms with Gasteiger partial charge in [0.25, 0.3) is 0 Å². The van der Waals surface area contributed by atoms with Crippen LogP contribution in [0.25, 0.3) is 0 Å². The van der Waals surface area contributed by atoms with Crippen LogP contribution in [-0.2, 0) is 11.0 Å². The van der Waals surface area contributed by atoms with E-state index in [1.54, 1.807) is 6.26 Å². The van der Waals surface area contributed by atoms with Crippen LogP contribution in [-0.4, -0.2) is 24.0 Å². The Labute approximate surface area is 127 Å². The van der Waals surface area contributed by atoms with Gasteiger partial charge in [0, 0.05) is 0 Å². The van der Waals surface area contributed by atoms with E-state index < -0.39 is 11.7 Å². The van der Waals surface area contributed by atoms with Crippen LogP contribution >= 0.6 is 35.0 Å². The van der Waals surface area contributed by atoms with Crippen molar-refractivity contribution in [2.75, 3.05) is 17.4 Å². The van der Waals surface area contributed by atoms with E-state index in [-0.39, 0.29) is 27.3 Å². The Kier molecular flexibility index (Phi) is 6.16. The van der Waals surface area contributed by atoms with Crippen LogP contribution in [0.2, 0.25) is 10.0 Å². The Hall–Kier alpha value is -0.920. The topological polar surface area (TPSA) is 41.5 Å². The summed E-state index contributed by atoms with van der Waals surface area (Å²) < 4.78 is 37.5. The van der Waals surface area contributed by atoms with Gasteiger partial charge < -0.3 is 0 Å². The second-order valence-corrected chi connectivity index (χ2v) is 5.26. The molecule has 0 aliphatic rings. The molecule has 1 N–H and O–H groups in total. The third-order valence-electron chi connectivity index (χ3n) is 2.04. The van der Waals surface area contributed by atoms with Crippen molar-refractivity contribution in [1.29, 1.82) is 0 Å². The number of carbonyl (C=O) groups excluding carboxylic acids is 1. The molecule has 20 heavy (non-hydrogen) atoms. The molecule has 0 saturated carbocycles. The number of anilines is 1. The van der Waals surface area contributed by atoms with Gasteiger partial charge in [0.2, 0.25) is 0 Å². The first kappa shape index (κ1) is 17.1. The van der Waals surface area contributed by atoms with Gasteiger partial charge in [-0.05, 0) is 18.4 Å². The molecule has 0 aromatic heterocycles. The van der Waals surface area contributed by atoms with Gasteiger partial charge in [-0.2, -0.15) is 30.0 Å². The van der Waals surface area contributed by atoms with Gasteiger partial charge in [-0.3, -0.25) is 10.2 Å². The minimum absolute atomic E-state index is 0.00883. The van der Waals surface area contributed by atoms with Gasteiger partial charge in [0.15, 0.2) is 5.78 Å². The summed E-state index contributed by atoms with van der Waals surface area (Å²) in [5, 5.41) is 3.11. The smallest absolute Gasteiger partial charge is 0.292 e. The highest BCUT2D eigenvalue weighted by atomic mass is 35.5. The highest BCUT2D eigenvalue weighted by molar-refractivity contribution is 7.99. The van der Waals surface area contributed by atoms with Crippen LogP contribution in [0.4, 0.5) is 18.9 Å². The van der Waals surface area contributed by atoms with Crippen molar-refractivity contribution in [3.63, 3.8) is 0 Å². The van der Waals surface area contributed by atoms with Crippen LogP contribution in [0, 0.1) is 0 Å². The highest BCUT2D eigenvalue weighted by Gasteiger charge is 2.32. The normalized spacial score (nSPS) is 11.9. The molecule has 0 aliphatic carbocycles. The van der Waals surface area contributed by atoms with Crippen molar-refractivity contribution in [3.8, 4) is 0 Å². The van der Waals surface area contributed by atoms with Crippen molar-refractivity contribution in [1.82, 2.24) is 0 Å². The SMILES string of the molecule is CSCC(=O)/C=N/Nc1c(Cl)cc(C(F)(F)F)cc1Cl. The van der Waals surface area contributed by atoms with Crippen molar-refractivity contribution in [2.24, 2.45) is 5.10 Å². The number of nitrogens with one attached hydrogen (secondary N) is 1. The number of hydrogen-bond donors (Lipinski definition) is 1. The molecule has 0 heterocycles. The zero-order valence-corrected chi connectivity index (χ0v) is 12.4. The number of ketones is 1. The van der Waals surface area contributed by atoms with E-state index in [1.807, 2.05) is 0 Å². The number of rotatable bonds is 5. The molecule has 0 spiro atoms. The lowest BCUT2D eigenvalue weighted by Gasteiger charge is -2.11. The van der Waals surface area contributed by atoms with Gasteiger partial charge in [-0.25, -0.2) is 0 Å². The van der Waals surface area contributed by atoms with E-state index in [0.717, 1.165) is 18.3 Å². The van der Waals surface area contributed by atoms with Crippen LogP contribution in [0.1, 0.15) is 5.56 Å². The molecule has 0 atom stereocenters. The largest absolute Gasteiger partial charge is 0.416 e. The molecule has 1 aromatic carbocycles. The lowest BCUT2D eigenvalue weighted by Crippen LogP contribution is -2.06. The van der Waals surface area contributed by atoms with Crippen LogP contribution in [0.15, 0.2) is 17.2 Å². The first-order valence-electron chi connectivity index (χ1n) is 5.12. The minimum atomic E-state index is -4.54. The number of alkyl halides is 3. The molecule has 0 amide bonds. The summed E-state index contributed by atoms with van der Waals surface area (Å²) >= 11 is 12.7. The van der Waals surface area contributed by atoms with Crippen LogP contribution < -0.4 is 5.43 Å². The Morgan fingerprint density at radius 3 is 2.40 bits per heavy atom. The number of thioether (sulfide) groups is 1. The number of Topliss-reactive ketones (excluding diaryl/α,β-unsaturated/α-hetero) is 1. The van der Waals surface area contributed by atoms with Gasteiger partial charge in [-0.15, -0.1) is 0 Å². The molecule has 0 saturated heterocycles. The number of benzene rings is 1. The molecule has 0 aliphatic heterocycles. The van der Waals surface area contributed by atoms with E-state index in [9.17, 15) is 18.0 Å². The maximum Gasteiger partial charge on any atom is 0.416 e. The third kappa shape index (κ3) is 4.88. The summed E-state index contributed by atoms with van der Waals surface area (Å²) in [7, 11) is 0. The van der Waals surface area contributed by atoms with Gasteiger partial charge in [0.1, 0.15) is 0 Å². The van der Waals surface area contributed by atoms with E-state index in [0.29, 0.717) is 0 Å². The van der Waals surface area contributed by atoms with E-state index in [1.165, 1.54) is 11.8 Å². The Morgan fingerprint density at radius 2 is 1.95 bits per heavy atom. The lowest BCUT2D eigenvalue weighted by atomic mass is 10.2. The number of nitrogens with zero attached hydrogens (tertiary/aromatic N) is 1. The standard InChI is InChI=1S/C11H9Cl2F3N2OS/c1-20-5-7(19)4-17-18-10-8(12)2-6(3-9(10)13)11(14,15)16/h2-4,18H,5H2,1H3/b17-4+. The van der Waals surface area contributed by atoms with Crippen molar-refractivity contribution in [2.45, 2.75) is 6.18 Å². The van der Waals surface area contributed by atoms with Crippen LogP contribution in [0.3, 0.4) is 0 Å². The predicted octanol–water partition coefficient (Wildman–Crippen LogP) is 4.34. The van der Waals surface area contributed by atoms with Crippen molar-refractivity contribution >= 4 is 52.6 Å². The molecule has 110 valence electrons. The zero-order chi connectivity index (χ0) is 15.3. The van der Waals surface area contributed by atoms with Crippen LogP contribution in [0.5, 0.6) is 0 Å². The Morgan fingerprint density at radius 1 is 1.40 bits per heavy atom. The second kappa shape index (κ2) is 7.19. The molecule has 9 heteroatoms. The maximum atomic E-state index is 12.5. The average molecular weight is 345 g/mol. The Bertz CT molecular complexity index is 512. The molecule has 1 aromatic rings. The molecule has 0 radical (unpaired) electrons. The minimum Gasteiger partial charge on any atom is -0.292 e. The fourth-order valence-electron chi connectivity index (χ4n) is 1.19. The summed E-state index contributed by atoms with van der Waals surface area (Å²) in [4.78, 5) is 11.2. The highest BCUT2D eigenvalue weighted by Crippen LogP contribution is 2.38. The summed E-state index contributed by atoms with van der Waals surface area (Å²) in [5.41, 5.74) is 1.41. The second-order valence-electron chi connectivity index (χ2n) is 3.58. The zero-order valence-electron chi connectivity index (χ0n) is 10.1. The maximum absolute atomic E-state index is 12.5. The third-order valence-corrected chi connectivity index (χ3v) is 3.21. The molecular weight excluding hydrogens is 336 g/mol. The molecule has 3 nitrogen and oxygen atoms in total. The molecule has 0 fully saturated rings. The number of hydrogen-bond acceptors (Lipinski definition) is 4. The fraction of sp³-hybridized carbons (Fsp3) is 0.273. The quantitative estimate of drug-likeness (QED) is 0.638. The summed E-state index contributed by atoms with van der Waals surface area (Å²) in [5.74, 6) is 0.00351. The number of hydrazone groups is 1. The summed E-state index contributed by atoms with van der Waals surface area (Å²) in [6, 6.07) is 1.46. The van der Waals surface area contributed by atoms with E-state index in [4.69, 9.17) is 23.2 Å². The fourth-order valence-corrected chi connectivity index (χ4v) is 2.12. The van der Waals surface area contributed by atoms with E-state index >= 15 is 0 Å². The van der Waals surface area contributed by atoms with Crippen molar-refractivity contribution in [3.05, 3.63) is 27.7 Å². The molecule has 1 rings (SSSR count). The predicted molar refractivity (Wildman–Crippen MR) is 77.0 cm³/mol. The number of carbonyl (C=O) groups is 1.